The maximum atomic E-state index is 11.8. The molecule has 0 saturated heterocycles. The number of carbonyl (C=O) groups excluding carboxylic acids is 1. The molecule has 2 rings (SSSR count). The first kappa shape index (κ1) is 19.5. The zero-order valence-electron chi connectivity index (χ0n) is 15.1. The lowest BCUT2D eigenvalue weighted by atomic mass is 10.1. The highest BCUT2D eigenvalue weighted by molar-refractivity contribution is 6.44. The summed E-state index contributed by atoms with van der Waals surface area (Å²) in [5.41, 5.74) is 2.67. The average molecular weight is 377 g/mol. The first-order chi connectivity index (χ1) is 12.5. The largest absolute Gasteiger partial charge is 0.472 e. The van der Waals surface area contributed by atoms with E-state index in [1.165, 1.54) is 14.2 Å². The van der Waals surface area contributed by atoms with Crippen LogP contribution in [0.3, 0.4) is 0 Å². The van der Waals surface area contributed by atoms with Gasteiger partial charge in [-0.1, -0.05) is 22.8 Å². The van der Waals surface area contributed by atoms with Crippen molar-refractivity contribution in [2.75, 3.05) is 20.8 Å². The van der Waals surface area contributed by atoms with E-state index in [1.807, 2.05) is 25.1 Å². The van der Waals surface area contributed by atoms with Crippen LogP contribution < -0.4 is 10.1 Å². The number of rotatable bonds is 7. The van der Waals surface area contributed by atoms with Gasteiger partial charge in [-0.25, -0.2) is 4.68 Å². The van der Waals surface area contributed by atoms with Crippen LogP contribution in [0.2, 0.25) is 5.02 Å². The zero-order valence-corrected chi connectivity index (χ0v) is 15.9. The summed E-state index contributed by atoms with van der Waals surface area (Å²) in [6, 6.07) is 7.48. The lowest BCUT2D eigenvalue weighted by molar-refractivity contribution is -0.114. The van der Waals surface area contributed by atoms with E-state index in [0.29, 0.717) is 16.5 Å². The molecule has 1 heterocycles. The summed E-state index contributed by atoms with van der Waals surface area (Å²) >= 11 is 6.25. The molecule has 1 aromatic carbocycles. The third kappa shape index (κ3) is 4.86. The summed E-state index contributed by atoms with van der Waals surface area (Å²) in [6.45, 7) is 3.95. The fourth-order valence-electron chi connectivity index (χ4n) is 2.17. The third-order valence-electron chi connectivity index (χ3n) is 3.53. The zero-order chi connectivity index (χ0) is 19.1. The van der Waals surface area contributed by atoms with Gasteiger partial charge in [0.1, 0.15) is 13.7 Å². The first-order valence-corrected chi connectivity index (χ1v) is 8.29. The van der Waals surface area contributed by atoms with E-state index in [2.05, 4.69) is 15.6 Å². The maximum absolute atomic E-state index is 11.8. The Morgan fingerprint density at radius 2 is 2.19 bits per heavy atom. The van der Waals surface area contributed by atoms with Gasteiger partial charge in [-0.2, -0.15) is 0 Å². The number of halogens is 1. The number of hydrogen-bond acceptors (Lipinski definition) is 5. The summed E-state index contributed by atoms with van der Waals surface area (Å²) in [5, 5.41) is 11.2. The minimum atomic E-state index is -0.334. The highest BCUT2D eigenvalue weighted by Gasteiger charge is 2.12. The summed E-state index contributed by atoms with van der Waals surface area (Å²) < 4.78 is 7.25. The Kier molecular flexibility index (Phi) is 6.80. The lowest BCUT2D eigenvalue weighted by Crippen LogP contribution is -2.28. The number of ether oxygens (including phenoxy) is 1. The van der Waals surface area contributed by atoms with Crippen molar-refractivity contribution in [1.29, 1.82) is 0 Å². The van der Waals surface area contributed by atoms with Gasteiger partial charge in [-0.05, 0) is 43.2 Å². The fourth-order valence-corrected chi connectivity index (χ4v) is 2.49. The molecule has 26 heavy (non-hydrogen) atoms. The van der Waals surface area contributed by atoms with Crippen molar-refractivity contribution in [3.63, 3.8) is 0 Å². The minimum Gasteiger partial charge on any atom is -0.472 e. The average Bonchev–Trinajstić information content (AvgIpc) is 3.07. The summed E-state index contributed by atoms with van der Waals surface area (Å²) in [4.78, 5) is 16.5. The Morgan fingerprint density at radius 1 is 1.42 bits per heavy atom. The molecule has 0 bridgehead atoms. The number of oxime groups is 1. The molecule has 7 nitrogen and oxygen atoms in total. The number of hydrogen-bond donors (Lipinski definition) is 1. The third-order valence-corrected chi connectivity index (χ3v) is 3.84. The number of benzene rings is 1. The first-order valence-electron chi connectivity index (χ1n) is 7.91. The van der Waals surface area contributed by atoms with Gasteiger partial charge in [0.2, 0.25) is 5.88 Å². The highest BCUT2D eigenvalue weighted by Crippen LogP contribution is 2.22. The summed E-state index contributed by atoms with van der Waals surface area (Å²) in [7, 11) is 2.91. The molecule has 0 fully saturated rings. The highest BCUT2D eigenvalue weighted by atomic mass is 35.5. The Morgan fingerprint density at radius 3 is 2.85 bits per heavy atom. The van der Waals surface area contributed by atoms with Crippen molar-refractivity contribution in [3.05, 3.63) is 52.7 Å². The van der Waals surface area contributed by atoms with E-state index >= 15 is 0 Å². The maximum Gasteiger partial charge on any atom is 0.273 e. The van der Waals surface area contributed by atoms with E-state index < -0.39 is 0 Å². The number of nitrogens with one attached hydrogen (secondary N) is 1. The van der Waals surface area contributed by atoms with Crippen molar-refractivity contribution in [2.45, 2.75) is 13.8 Å². The predicted molar refractivity (Wildman–Crippen MR) is 101 cm³/mol. The molecule has 0 spiro atoms. The van der Waals surface area contributed by atoms with Gasteiger partial charge in [-0.15, -0.1) is 5.10 Å². The van der Waals surface area contributed by atoms with Crippen LogP contribution in [-0.2, 0) is 9.63 Å². The molecule has 8 heteroatoms. The number of carbonyl (C=O) groups is 1. The van der Waals surface area contributed by atoms with Crippen LogP contribution in [0, 0.1) is 6.92 Å². The monoisotopic (exact) mass is 376 g/mol. The molecular weight excluding hydrogens is 356 g/mol. The predicted octanol–water partition coefficient (Wildman–Crippen LogP) is 2.91. The van der Waals surface area contributed by atoms with E-state index in [1.54, 1.807) is 29.9 Å². The Hall–Kier alpha value is -2.80. The second kappa shape index (κ2) is 9.05. The number of aryl methyl sites for hydroxylation is 1. The number of nitrogens with zero attached hydrogens (tertiary/aromatic N) is 3. The van der Waals surface area contributed by atoms with Gasteiger partial charge < -0.3 is 14.9 Å². The molecule has 0 aliphatic heterocycles. The van der Waals surface area contributed by atoms with Crippen molar-refractivity contribution in [3.8, 4) is 11.6 Å². The molecule has 0 aliphatic rings. The Balaban J connectivity index is 2.05. The van der Waals surface area contributed by atoms with Crippen LogP contribution >= 0.6 is 11.6 Å². The fraction of sp³-hybridized carbons (Fsp3) is 0.278. The smallest absolute Gasteiger partial charge is 0.273 e. The van der Waals surface area contributed by atoms with Crippen LogP contribution in [0.15, 0.2) is 47.3 Å². The van der Waals surface area contributed by atoms with Crippen molar-refractivity contribution < 1.29 is 14.4 Å². The second-order valence-corrected chi connectivity index (χ2v) is 5.86. The van der Waals surface area contributed by atoms with E-state index in [-0.39, 0.29) is 18.2 Å². The van der Waals surface area contributed by atoms with Gasteiger partial charge in [0, 0.05) is 19.3 Å². The molecular formula is C18H21ClN4O3. The molecule has 1 aromatic heterocycles. The van der Waals surface area contributed by atoms with Crippen LogP contribution in [0.25, 0.3) is 5.69 Å². The van der Waals surface area contributed by atoms with Crippen molar-refractivity contribution in [2.24, 2.45) is 5.16 Å². The topological polar surface area (TPSA) is 77.7 Å². The van der Waals surface area contributed by atoms with Gasteiger partial charge in [0.05, 0.1) is 10.7 Å². The molecule has 0 aliphatic carbocycles. The summed E-state index contributed by atoms with van der Waals surface area (Å²) in [6.07, 6.45) is 3.50. The summed E-state index contributed by atoms with van der Waals surface area (Å²) in [5.74, 6) is 0.106. The standard InChI is InChI=1S/C18H21ClN4O3/c1-12-5-6-15(14(19)11-12)23-9-7-16(21-23)26-10-8-13(2)17(22-25-4)18(24)20-3/h5-9,11H,10H2,1-4H3,(H,20,24)/b13-8+,22-17+. The van der Waals surface area contributed by atoms with Gasteiger partial charge in [0.15, 0.2) is 5.71 Å². The number of aromatic nitrogens is 2. The molecule has 2 aromatic rings. The molecule has 0 saturated carbocycles. The SMILES string of the molecule is CNC(=O)C(=N/OC)/C(C)=C/COc1ccn(-c2ccc(C)cc2Cl)n1. The Labute approximate surface area is 157 Å². The van der Waals surface area contributed by atoms with Crippen molar-refractivity contribution >= 4 is 23.2 Å². The van der Waals surface area contributed by atoms with E-state index in [9.17, 15) is 4.79 Å². The van der Waals surface area contributed by atoms with E-state index in [0.717, 1.165) is 11.3 Å². The van der Waals surface area contributed by atoms with Crippen LogP contribution in [0.4, 0.5) is 0 Å². The molecule has 0 radical (unpaired) electrons. The minimum absolute atomic E-state index is 0.190. The quantitative estimate of drug-likeness (QED) is 0.595. The van der Waals surface area contributed by atoms with E-state index in [4.69, 9.17) is 21.2 Å². The molecule has 1 amide bonds. The molecule has 0 unspecified atom stereocenters. The van der Waals surface area contributed by atoms with Gasteiger partial charge >= 0.3 is 0 Å². The van der Waals surface area contributed by atoms with Crippen molar-refractivity contribution in [1.82, 2.24) is 15.1 Å². The van der Waals surface area contributed by atoms with Crippen LogP contribution in [0.1, 0.15) is 12.5 Å². The number of amides is 1. The van der Waals surface area contributed by atoms with Gasteiger partial charge in [0.25, 0.3) is 5.91 Å². The second-order valence-electron chi connectivity index (χ2n) is 5.45. The molecule has 138 valence electrons. The molecule has 0 atom stereocenters. The molecule has 1 N–H and O–H groups in total. The normalized spacial score (nSPS) is 12.0. The Bertz CT molecular complexity index is 843. The van der Waals surface area contributed by atoms with Gasteiger partial charge in [-0.3, -0.25) is 4.79 Å². The van der Waals surface area contributed by atoms with Crippen LogP contribution in [-0.4, -0.2) is 42.2 Å². The lowest BCUT2D eigenvalue weighted by Gasteiger charge is -2.06. The van der Waals surface area contributed by atoms with Crippen LogP contribution in [0.5, 0.6) is 5.88 Å².